The van der Waals surface area contributed by atoms with Crippen LogP contribution < -0.4 is 20.0 Å². The standard InChI is InChI=1S/C14H13N3O4S/c15-22(18,19)12-4-2-11(3-5-12)17-16-8-10-1-6-13-14(7-10)21-9-20-13/h1-8,17H,9H2,(H2,15,18,19)/b16-8-. The van der Waals surface area contributed by atoms with Gasteiger partial charge in [0.2, 0.25) is 16.8 Å². The molecule has 0 atom stereocenters. The number of ether oxygens (including phenoxy) is 2. The summed E-state index contributed by atoms with van der Waals surface area (Å²) < 4.78 is 32.8. The molecule has 1 heterocycles. The van der Waals surface area contributed by atoms with Crippen LogP contribution in [0.4, 0.5) is 5.69 Å². The second-order valence-corrected chi connectivity index (χ2v) is 6.11. The van der Waals surface area contributed by atoms with Crippen LogP contribution in [-0.2, 0) is 10.0 Å². The molecule has 0 spiro atoms. The van der Waals surface area contributed by atoms with Crippen LogP contribution in [0.25, 0.3) is 0 Å². The Balaban J connectivity index is 1.67. The van der Waals surface area contributed by atoms with Gasteiger partial charge in [0.1, 0.15) is 0 Å². The number of sulfonamides is 1. The normalized spacial score (nSPS) is 13.5. The number of fused-ring (bicyclic) bond motifs is 1. The number of hydrogen-bond donors (Lipinski definition) is 2. The Bertz CT molecular complexity index is 816. The fourth-order valence-electron chi connectivity index (χ4n) is 1.89. The molecule has 0 fully saturated rings. The van der Waals surface area contributed by atoms with Crippen LogP contribution in [0.5, 0.6) is 11.5 Å². The highest BCUT2D eigenvalue weighted by Gasteiger charge is 2.12. The van der Waals surface area contributed by atoms with Crippen LogP contribution in [0, 0.1) is 0 Å². The van der Waals surface area contributed by atoms with Crippen molar-refractivity contribution in [2.75, 3.05) is 12.2 Å². The monoisotopic (exact) mass is 319 g/mol. The van der Waals surface area contributed by atoms with Crippen molar-refractivity contribution in [1.82, 2.24) is 0 Å². The smallest absolute Gasteiger partial charge is 0.238 e. The van der Waals surface area contributed by atoms with E-state index in [0.717, 1.165) is 5.56 Å². The van der Waals surface area contributed by atoms with E-state index in [9.17, 15) is 8.42 Å². The minimum absolute atomic E-state index is 0.0535. The lowest BCUT2D eigenvalue weighted by molar-refractivity contribution is 0.174. The number of anilines is 1. The summed E-state index contributed by atoms with van der Waals surface area (Å²) in [6, 6.07) is 11.5. The zero-order chi connectivity index (χ0) is 15.6. The van der Waals surface area contributed by atoms with Gasteiger partial charge in [-0.25, -0.2) is 13.6 Å². The number of nitrogens with one attached hydrogen (secondary N) is 1. The summed E-state index contributed by atoms with van der Waals surface area (Å²) >= 11 is 0. The van der Waals surface area contributed by atoms with Gasteiger partial charge in [0.15, 0.2) is 11.5 Å². The molecule has 3 N–H and O–H groups in total. The van der Waals surface area contributed by atoms with Crippen molar-refractivity contribution in [1.29, 1.82) is 0 Å². The number of hydrogen-bond acceptors (Lipinski definition) is 6. The lowest BCUT2D eigenvalue weighted by Crippen LogP contribution is -2.11. The summed E-state index contributed by atoms with van der Waals surface area (Å²) in [5.41, 5.74) is 4.29. The number of benzene rings is 2. The van der Waals surface area contributed by atoms with Gasteiger partial charge in [-0.3, -0.25) is 5.43 Å². The van der Waals surface area contributed by atoms with E-state index in [1.807, 2.05) is 18.2 Å². The van der Waals surface area contributed by atoms with Gasteiger partial charge >= 0.3 is 0 Å². The molecular formula is C14H13N3O4S. The Morgan fingerprint density at radius 1 is 1.09 bits per heavy atom. The predicted octanol–water partition coefficient (Wildman–Crippen LogP) is 1.51. The summed E-state index contributed by atoms with van der Waals surface area (Å²) in [7, 11) is -3.68. The lowest BCUT2D eigenvalue weighted by atomic mass is 10.2. The first-order chi connectivity index (χ1) is 10.5. The number of hydrazone groups is 1. The molecule has 0 unspecified atom stereocenters. The first kappa shape index (κ1) is 14.4. The number of nitrogens with zero attached hydrogens (tertiary/aromatic N) is 1. The number of nitrogens with two attached hydrogens (primary N) is 1. The predicted molar refractivity (Wildman–Crippen MR) is 81.6 cm³/mol. The quantitative estimate of drug-likeness (QED) is 0.657. The number of primary sulfonamides is 1. The Morgan fingerprint density at radius 3 is 2.55 bits per heavy atom. The van der Waals surface area contributed by atoms with E-state index in [2.05, 4.69) is 10.5 Å². The highest BCUT2D eigenvalue weighted by atomic mass is 32.2. The van der Waals surface area contributed by atoms with Crippen LogP contribution in [0.1, 0.15) is 5.56 Å². The molecule has 1 aliphatic heterocycles. The van der Waals surface area contributed by atoms with Crippen molar-refractivity contribution in [2.45, 2.75) is 4.90 Å². The van der Waals surface area contributed by atoms with Crippen LogP contribution in [0.3, 0.4) is 0 Å². The Morgan fingerprint density at radius 2 is 1.82 bits per heavy atom. The second-order valence-electron chi connectivity index (χ2n) is 4.55. The Kier molecular flexibility index (Phi) is 3.70. The third-order valence-electron chi connectivity index (χ3n) is 2.99. The molecule has 2 aromatic carbocycles. The van der Waals surface area contributed by atoms with Gasteiger partial charge in [-0.15, -0.1) is 0 Å². The molecule has 0 radical (unpaired) electrons. The van der Waals surface area contributed by atoms with E-state index in [4.69, 9.17) is 14.6 Å². The zero-order valence-electron chi connectivity index (χ0n) is 11.4. The van der Waals surface area contributed by atoms with Crippen molar-refractivity contribution in [2.24, 2.45) is 10.2 Å². The van der Waals surface area contributed by atoms with Crippen LogP contribution >= 0.6 is 0 Å². The molecule has 0 amide bonds. The zero-order valence-corrected chi connectivity index (χ0v) is 12.2. The third-order valence-corrected chi connectivity index (χ3v) is 3.92. The van der Waals surface area contributed by atoms with Gasteiger partial charge in [-0.05, 0) is 48.0 Å². The van der Waals surface area contributed by atoms with E-state index in [1.54, 1.807) is 18.3 Å². The maximum Gasteiger partial charge on any atom is 0.238 e. The maximum atomic E-state index is 11.1. The van der Waals surface area contributed by atoms with Gasteiger partial charge in [-0.1, -0.05) is 0 Å². The highest BCUT2D eigenvalue weighted by molar-refractivity contribution is 7.89. The van der Waals surface area contributed by atoms with Gasteiger partial charge in [0, 0.05) is 0 Å². The summed E-state index contributed by atoms with van der Waals surface area (Å²) in [6.07, 6.45) is 1.62. The molecule has 7 nitrogen and oxygen atoms in total. The summed E-state index contributed by atoms with van der Waals surface area (Å²) in [5.74, 6) is 1.39. The molecule has 114 valence electrons. The van der Waals surface area contributed by atoms with Gasteiger partial charge < -0.3 is 9.47 Å². The molecule has 22 heavy (non-hydrogen) atoms. The average molecular weight is 319 g/mol. The molecule has 1 aliphatic rings. The van der Waals surface area contributed by atoms with Gasteiger partial charge in [0.05, 0.1) is 16.8 Å². The summed E-state index contributed by atoms with van der Waals surface area (Å²) in [4.78, 5) is 0.0535. The van der Waals surface area contributed by atoms with E-state index >= 15 is 0 Å². The van der Waals surface area contributed by atoms with E-state index in [1.165, 1.54) is 12.1 Å². The molecule has 0 saturated carbocycles. The molecule has 3 rings (SSSR count). The molecule has 0 aromatic heterocycles. The summed E-state index contributed by atoms with van der Waals surface area (Å²) in [5, 5.41) is 9.10. The first-order valence-electron chi connectivity index (χ1n) is 6.34. The fraction of sp³-hybridized carbons (Fsp3) is 0.0714. The Labute approximate surface area is 127 Å². The van der Waals surface area contributed by atoms with Crippen molar-refractivity contribution < 1.29 is 17.9 Å². The molecular weight excluding hydrogens is 306 g/mol. The molecule has 2 aromatic rings. The second kappa shape index (κ2) is 5.66. The topological polar surface area (TPSA) is 103 Å². The van der Waals surface area contributed by atoms with Gasteiger partial charge in [-0.2, -0.15) is 5.10 Å². The molecule has 0 bridgehead atoms. The minimum atomic E-state index is -3.68. The SMILES string of the molecule is NS(=O)(=O)c1ccc(N/N=C\c2ccc3c(c2)OCO3)cc1. The molecule has 8 heteroatoms. The largest absolute Gasteiger partial charge is 0.454 e. The Hall–Kier alpha value is -2.58. The highest BCUT2D eigenvalue weighted by Crippen LogP contribution is 2.31. The lowest BCUT2D eigenvalue weighted by Gasteiger charge is -2.02. The number of rotatable bonds is 4. The van der Waals surface area contributed by atoms with E-state index < -0.39 is 10.0 Å². The van der Waals surface area contributed by atoms with Crippen molar-refractivity contribution >= 4 is 21.9 Å². The maximum absolute atomic E-state index is 11.1. The van der Waals surface area contributed by atoms with Crippen molar-refractivity contribution in [3.05, 3.63) is 48.0 Å². The van der Waals surface area contributed by atoms with Crippen molar-refractivity contribution in [3.8, 4) is 11.5 Å². The van der Waals surface area contributed by atoms with E-state index in [-0.39, 0.29) is 11.7 Å². The van der Waals surface area contributed by atoms with E-state index in [0.29, 0.717) is 17.2 Å². The average Bonchev–Trinajstić information content (AvgIpc) is 2.94. The first-order valence-corrected chi connectivity index (χ1v) is 7.88. The summed E-state index contributed by atoms with van der Waals surface area (Å²) in [6.45, 7) is 0.227. The van der Waals surface area contributed by atoms with Crippen LogP contribution in [0.2, 0.25) is 0 Å². The van der Waals surface area contributed by atoms with Gasteiger partial charge in [0.25, 0.3) is 0 Å². The van der Waals surface area contributed by atoms with Crippen LogP contribution in [0.15, 0.2) is 52.5 Å². The third kappa shape index (κ3) is 3.18. The fourth-order valence-corrected chi connectivity index (χ4v) is 2.41. The molecule has 0 aliphatic carbocycles. The van der Waals surface area contributed by atoms with Crippen molar-refractivity contribution in [3.63, 3.8) is 0 Å². The molecule has 0 saturated heterocycles. The van der Waals surface area contributed by atoms with Crippen LogP contribution in [-0.4, -0.2) is 21.4 Å². The minimum Gasteiger partial charge on any atom is -0.454 e.